The van der Waals surface area contributed by atoms with Crippen LogP contribution < -0.4 is 11.2 Å². The van der Waals surface area contributed by atoms with Crippen LogP contribution in [-0.2, 0) is 23.8 Å². The minimum absolute atomic E-state index is 0.0916. The first-order chi connectivity index (χ1) is 13.9. The number of nitrogens with zero attached hydrogens (tertiary/aromatic N) is 1. The molecule has 2 rings (SSSR count). The van der Waals surface area contributed by atoms with E-state index in [-0.39, 0.29) is 43.4 Å². The number of nitrogens with one attached hydrogen (secondary N) is 1. The van der Waals surface area contributed by atoms with Gasteiger partial charge in [-0.3, -0.25) is 23.9 Å². The Kier molecular flexibility index (Phi) is 8.84. The number of hydrogen-bond acceptors (Lipinski definition) is 7. The van der Waals surface area contributed by atoms with Crippen molar-refractivity contribution in [3.8, 4) is 0 Å². The second-order valence-electron chi connectivity index (χ2n) is 6.62. The van der Waals surface area contributed by atoms with Gasteiger partial charge in [-0.05, 0) is 23.9 Å². The average Bonchev–Trinajstić information content (AvgIpc) is 3.05. The lowest BCUT2D eigenvalue weighted by atomic mass is 10.2. The highest BCUT2D eigenvalue weighted by molar-refractivity contribution is 9.11. The molecule has 0 amide bonds. The van der Waals surface area contributed by atoms with Crippen molar-refractivity contribution in [2.24, 2.45) is 0 Å². The number of hydrogen-bond donors (Lipinski definition) is 1. The normalized spacial score (nSPS) is 21.4. The molecule has 29 heavy (non-hydrogen) atoms. The van der Waals surface area contributed by atoms with E-state index in [2.05, 4.69) is 20.9 Å². The van der Waals surface area contributed by atoms with Gasteiger partial charge in [-0.1, -0.05) is 29.8 Å². The summed E-state index contributed by atoms with van der Waals surface area (Å²) < 4.78 is 17.8. The molecule has 1 aliphatic heterocycles. The molecule has 1 aromatic rings. The fraction of sp³-hybridized carbons (Fsp3) is 0.579. The van der Waals surface area contributed by atoms with Gasteiger partial charge in [0.05, 0.1) is 5.56 Å². The fourth-order valence-corrected chi connectivity index (χ4v) is 3.21. The molecular formula is C19H25BrN2O7. The molecule has 9 nitrogen and oxygen atoms in total. The summed E-state index contributed by atoms with van der Waals surface area (Å²) in [4.78, 5) is 51.5. The molecule has 2 heterocycles. The van der Waals surface area contributed by atoms with E-state index in [0.29, 0.717) is 12.8 Å². The maximum Gasteiger partial charge on any atom is 0.330 e. The standard InChI is InChI=1S/C19H25BrN2O7/c1-3-5-16(23)27-11-14-13(29-17(24)6-4-2)9-15(28-14)22-10-12(7-8-20)18(25)21-19(22)26/h7-8,10,13-15H,3-6,9,11H2,1-2H3,(H,21,25,26)/b8-7+/t13-,14+,15+/m0/s1. The topological polar surface area (TPSA) is 117 Å². The molecule has 0 unspecified atom stereocenters. The maximum atomic E-state index is 12.3. The predicted molar refractivity (Wildman–Crippen MR) is 108 cm³/mol. The number of esters is 2. The van der Waals surface area contributed by atoms with Gasteiger partial charge in [0, 0.05) is 25.5 Å². The smallest absolute Gasteiger partial charge is 0.330 e. The highest BCUT2D eigenvalue weighted by Crippen LogP contribution is 2.30. The zero-order valence-corrected chi connectivity index (χ0v) is 18.0. The summed E-state index contributed by atoms with van der Waals surface area (Å²) in [6.45, 7) is 3.63. The summed E-state index contributed by atoms with van der Waals surface area (Å²) in [5.74, 6) is -0.757. The van der Waals surface area contributed by atoms with Crippen molar-refractivity contribution in [1.82, 2.24) is 9.55 Å². The molecular weight excluding hydrogens is 448 g/mol. The van der Waals surface area contributed by atoms with Crippen LogP contribution in [-0.4, -0.2) is 40.3 Å². The Morgan fingerprint density at radius 1 is 1.28 bits per heavy atom. The lowest BCUT2D eigenvalue weighted by Crippen LogP contribution is -2.33. The zero-order chi connectivity index (χ0) is 21.4. The molecule has 0 spiro atoms. The first-order valence-electron chi connectivity index (χ1n) is 9.52. The summed E-state index contributed by atoms with van der Waals surface area (Å²) in [6, 6.07) is 0. The van der Waals surface area contributed by atoms with E-state index >= 15 is 0 Å². The number of aromatic nitrogens is 2. The molecule has 1 N–H and O–H groups in total. The highest BCUT2D eigenvalue weighted by Gasteiger charge is 2.40. The van der Waals surface area contributed by atoms with E-state index in [9.17, 15) is 19.2 Å². The van der Waals surface area contributed by atoms with Crippen LogP contribution in [0.15, 0.2) is 20.8 Å². The Labute approximate surface area is 176 Å². The third-order valence-corrected chi connectivity index (χ3v) is 4.59. The number of halogens is 1. The van der Waals surface area contributed by atoms with Crippen molar-refractivity contribution >= 4 is 33.9 Å². The van der Waals surface area contributed by atoms with Crippen molar-refractivity contribution in [3.63, 3.8) is 0 Å². The number of carbonyl (C=O) groups is 2. The van der Waals surface area contributed by atoms with Crippen molar-refractivity contribution in [2.75, 3.05) is 6.61 Å². The number of H-pyrrole nitrogens is 1. The molecule has 0 bridgehead atoms. The van der Waals surface area contributed by atoms with Crippen LogP contribution in [0.3, 0.4) is 0 Å². The first kappa shape index (κ1) is 23.1. The lowest BCUT2D eigenvalue weighted by molar-refractivity contribution is -0.158. The van der Waals surface area contributed by atoms with Crippen LogP contribution in [0.4, 0.5) is 0 Å². The Morgan fingerprint density at radius 3 is 2.62 bits per heavy atom. The van der Waals surface area contributed by atoms with Gasteiger partial charge in [0.25, 0.3) is 5.56 Å². The number of rotatable bonds is 9. The van der Waals surface area contributed by atoms with Crippen molar-refractivity contribution in [3.05, 3.63) is 37.6 Å². The number of aromatic amines is 1. The minimum Gasteiger partial charge on any atom is -0.463 e. The second-order valence-corrected chi connectivity index (χ2v) is 7.15. The Morgan fingerprint density at radius 2 is 1.97 bits per heavy atom. The van der Waals surface area contributed by atoms with Crippen LogP contribution >= 0.6 is 15.9 Å². The molecule has 160 valence electrons. The van der Waals surface area contributed by atoms with Gasteiger partial charge < -0.3 is 14.2 Å². The van der Waals surface area contributed by atoms with E-state index in [1.807, 2.05) is 13.8 Å². The predicted octanol–water partition coefficient (Wildman–Crippen LogP) is 2.24. The van der Waals surface area contributed by atoms with Crippen LogP contribution in [0.5, 0.6) is 0 Å². The van der Waals surface area contributed by atoms with Gasteiger partial charge >= 0.3 is 17.6 Å². The molecule has 0 saturated carbocycles. The fourth-order valence-electron chi connectivity index (χ4n) is 2.93. The Bertz CT molecular complexity index is 861. The molecule has 0 aliphatic carbocycles. The lowest BCUT2D eigenvalue weighted by Gasteiger charge is -2.18. The van der Waals surface area contributed by atoms with Crippen molar-refractivity contribution in [2.45, 2.75) is 64.4 Å². The summed E-state index contributed by atoms with van der Waals surface area (Å²) in [6.07, 6.45) is 2.70. The first-order valence-corrected chi connectivity index (χ1v) is 10.4. The van der Waals surface area contributed by atoms with Gasteiger partial charge in [0.2, 0.25) is 0 Å². The third kappa shape index (κ3) is 6.40. The van der Waals surface area contributed by atoms with E-state index in [1.165, 1.54) is 21.8 Å². The van der Waals surface area contributed by atoms with Crippen molar-refractivity contribution in [1.29, 1.82) is 0 Å². The zero-order valence-electron chi connectivity index (χ0n) is 16.4. The van der Waals surface area contributed by atoms with Crippen LogP contribution in [0.2, 0.25) is 0 Å². The summed E-state index contributed by atoms with van der Waals surface area (Å²) in [5.41, 5.74) is -0.924. The molecule has 3 atom stereocenters. The largest absolute Gasteiger partial charge is 0.463 e. The van der Waals surface area contributed by atoms with Crippen LogP contribution in [0, 0.1) is 0 Å². The van der Waals surface area contributed by atoms with Crippen LogP contribution in [0.25, 0.3) is 6.08 Å². The maximum absolute atomic E-state index is 12.3. The van der Waals surface area contributed by atoms with E-state index in [1.54, 1.807) is 0 Å². The molecule has 0 aromatic carbocycles. The number of ether oxygens (including phenoxy) is 3. The summed E-state index contributed by atoms with van der Waals surface area (Å²) in [5, 5.41) is 0. The van der Waals surface area contributed by atoms with Gasteiger partial charge in [-0.15, -0.1) is 0 Å². The Balaban J connectivity index is 2.22. The highest BCUT2D eigenvalue weighted by atomic mass is 79.9. The molecule has 0 radical (unpaired) electrons. The van der Waals surface area contributed by atoms with Crippen LogP contribution in [0.1, 0.15) is 57.7 Å². The minimum atomic E-state index is -0.781. The third-order valence-electron chi connectivity index (χ3n) is 4.33. The van der Waals surface area contributed by atoms with Gasteiger partial charge in [0.15, 0.2) is 0 Å². The second kappa shape index (κ2) is 11.1. The van der Waals surface area contributed by atoms with E-state index in [4.69, 9.17) is 14.2 Å². The van der Waals surface area contributed by atoms with Gasteiger partial charge in [-0.2, -0.15) is 0 Å². The molecule has 1 saturated heterocycles. The summed E-state index contributed by atoms with van der Waals surface area (Å²) in [7, 11) is 0. The van der Waals surface area contributed by atoms with E-state index < -0.39 is 29.7 Å². The monoisotopic (exact) mass is 472 g/mol. The Hall–Kier alpha value is -2.20. The molecule has 1 aliphatic rings. The van der Waals surface area contributed by atoms with Crippen molar-refractivity contribution < 1.29 is 23.8 Å². The summed E-state index contributed by atoms with van der Waals surface area (Å²) >= 11 is 3.10. The average molecular weight is 473 g/mol. The van der Waals surface area contributed by atoms with Gasteiger partial charge in [-0.25, -0.2) is 4.79 Å². The SMILES string of the molecule is CCCC(=O)OC[C@H]1O[C@@H](n2cc(/C=C/Br)c(=O)[nH]c2=O)C[C@@H]1OC(=O)CCC. The van der Waals surface area contributed by atoms with E-state index in [0.717, 1.165) is 0 Å². The quantitative estimate of drug-likeness (QED) is 0.547. The molecule has 1 fully saturated rings. The van der Waals surface area contributed by atoms with Gasteiger partial charge in [0.1, 0.15) is 25.0 Å². The number of carbonyl (C=O) groups excluding carboxylic acids is 2. The molecule has 10 heteroatoms. The molecule has 1 aromatic heterocycles.